The number of pyridine rings is 1. The highest BCUT2D eigenvalue weighted by Crippen LogP contribution is 2.27. The first kappa shape index (κ1) is 30.5. The zero-order valence-electron chi connectivity index (χ0n) is 24.0. The van der Waals surface area contributed by atoms with Gasteiger partial charge >= 0.3 is 0 Å². The average Bonchev–Trinajstić information content (AvgIpc) is 3.52. The van der Waals surface area contributed by atoms with E-state index >= 15 is 0 Å². The molecule has 4 fully saturated rings. The van der Waals surface area contributed by atoms with Gasteiger partial charge in [-0.15, -0.1) is 0 Å². The number of likely N-dealkylation sites (tertiary alicyclic amines) is 1. The number of amides is 3. The molecule has 5 heterocycles. The Morgan fingerprint density at radius 1 is 0.886 bits per heavy atom. The summed E-state index contributed by atoms with van der Waals surface area (Å²) in [5.41, 5.74) is 1.42. The summed E-state index contributed by atoms with van der Waals surface area (Å²) in [7, 11) is 0. The van der Waals surface area contributed by atoms with Crippen LogP contribution in [0.2, 0.25) is 0 Å². The molecular formula is C30H36F2N6O6. The number of aliphatic hydroxyl groups excluding tert-OH is 2. The second-order valence-electron chi connectivity index (χ2n) is 12.0. The number of benzene rings is 1. The number of aromatic nitrogens is 1. The van der Waals surface area contributed by atoms with Crippen LogP contribution in [0.1, 0.15) is 24.0 Å². The minimum atomic E-state index is -1.32. The van der Waals surface area contributed by atoms with E-state index in [-0.39, 0.29) is 43.9 Å². The van der Waals surface area contributed by atoms with Crippen molar-refractivity contribution in [3.05, 3.63) is 65.5 Å². The second kappa shape index (κ2) is 12.8. The Kier molecular flexibility index (Phi) is 8.87. The fourth-order valence-corrected chi connectivity index (χ4v) is 6.66. The Morgan fingerprint density at radius 2 is 1.64 bits per heavy atom. The average molecular weight is 615 g/mol. The van der Waals surface area contributed by atoms with Crippen molar-refractivity contribution in [1.29, 1.82) is 0 Å². The lowest BCUT2D eigenvalue weighted by atomic mass is 10.0. The van der Waals surface area contributed by atoms with E-state index in [0.717, 1.165) is 17.7 Å². The van der Waals surface area contributed by atoms with Crippen LogP contribution in [0.25, 0.3) is 0 Å². The van der Waals surface area contributed by atoms with Crippen LogP contribution >= 0.6 is 0 Å². The van der Waals surface area contributed by atoms with Gasteiger partial charge in [0, 0.05) is 64.2 Å². The number of fused-ring (bicyclic) bond motifs is 6. The maximum atomic E-state index is 14.1. The van der Waals surface area contributed by atoms with Crippen LogP contribution in [0.4, 0.5) is 8.78 Å². The summed E-state index contributed by atoms with van der Waals surface area (Å²) in [5, 5.41) is 26.9. The van der Waals surface area contributed by atoms with E-state index in [0.29, 0.717) is 38.2 Å². The SMILES string of the molecule is O=C1C[C@@H]2O[C@H](CNC(=O)[C@@H]3CN(CCN3Cc3ccc(F)c(F)c3)C(=O)[C@@H]3C[C@@H](CN3Cc3ccncc3)N1)[C@@H](O)[C@H]2O. The Hall–Kier alpha value is -3.56. The van der Waals surface area contributed by atoms with Crippen LogP contribution in [-0.4, -0.2) is 123 Å². The molecular weight excluding hydrogens is 578 g/mol. The third-order valence-corrected chi connectivity index (χ3v) is 8.99. The van der Waals surface area contributed by atoms with Crippen LogP contribution < -0.4 is 10.6 Å². The predicted molar refractivity (Wildman–Crippen MR) is 150 cm³/mol. The van der Waals surface area contributed by atoms with Crippen LogP contribution in [0.15, 0.2) is 42.7 Å². The van der Waals surface area contributed by atoms with Gasteiger partial charge < -0.3 is 30.5 Å². The number of carbonyl (C=O) groups excluding carboxylic acids is 3. The highest BCUT2D eigenvalue weighted by atomic mass is 19.2. The molecule has 7 atom stereocenters. The summed E-state index contributed by atoms with van der Waals surface area (Å²) in [6.45, 7) is 1.51. The minimum Gasteiger partial charge on any atom is -0.388 e. The molecule has 2 aromatic rings. The van der Waals surface area contributed by atoms with Crippen molar-refractivity contribution in [2.24, 2.45) is 0 Å². The third-order valence-electron chi connectivity index (χ3n) is 8.99. The van der Waals surface area contributed by atoms with Gasteiger partial charge in [0.1, 0.15) is 24.4 Å². The van der Waals surface area contributed by atoms with Crippen molar-refractivity contribution in [2.45, 2.75) is 68.5 Å². The summed E-state index contributed by atoms with van der Waals surface area (Å²) < 4.78 is 33.4. The molecule has 12 nitrogen and oxygen atoms in total. The highest BCUT2D eigenvalue weighted by Gasteiger charge is 2.46. The van der Waals surface area contributed by atoms with Crippen molar-refractivity contribution in [2.75, 3.05) is 32.7 Å². The van der Waals surface area contributed by atoms with Gasteiger partial charge in [-0.05, 0) is 41.8 Å². The van der Waals surface area contributed by atoms with Crippen molar-refractivity contribution in [3.63, 3.8) is 0 Å². The van der Waals surface area contributed by atoms with E-state index in [4.69, 9.17) is 4.74 Å². The van der Waals surface area contributed by atoms with Gasteiger partial charge in [-0.1, -0.05) is 6.07 Å². The van der Waals surface area contributed by atoms with E-state index in [1.807, 2.05) is 21.9 Å². The number of nitrogens with zero attached hydrogens (tertiary/aromatic N) is 4. The summed E-state index contributed by atoms with van der Waals surface area (Å²) >= 11 is 0. The van der Waals surface area contributed by atoms with Gasteiger partial charge in [-0.25, -0.2) is 8.78 Å². The van der Waals surface area contributed by atoms with Crippen LogP contribution in [0.5, 0.6) is 0 Å². The number of ether oxygens (including phenoxy) is 1. The molecule has 0 aliphatic carbocycles. The Labute approximate surface area is 253 Å². The van der Waals surface area contributed by atoms with E-state index in [9.17, 15) is 33.4 Å². The molecule has 0 radical (unpaired) electrons. The molecule has 6 rings (SSSR count). The smallest absolute Gasteiger partial charge is 0.240 e. The fourth-order valence-electron chi connectivity index (χ4n) is 6.66. The van der Waals surface area contributed by atoms with Crippen molar-refractivity contribution >= 4 is 17.7 Å². The molecule has 4 aliphatic rings. The molecule has 3 amide bonds. The monoisotopic (exact) mass is 614 g/mol. The van der Waals surface area contributed by atoms with Gasteiger partial charge in [0.05, 0.1) is 18.6 Å². The van der Waals surface area contributed by atoms with Gasteiger partial charge in [-0.2, -0.15) is 0 Å². The fraction of sp³-hybridized carbons (Fsp3) is 0.533. The summed E-state index contributed by atoms with van der Waals surface area (Å²) in [5.74, 6) is -2.93. The molecule has 4 saturated heterocycles. The molecule has 0 unspecified atom stereocenters. The number of piperazine rings is 1. The first-order valence-corrected chi connectivity index (χ1v) is 14.8. The Balaban J connectivity index is 1.28. The van der Waals surface area contributed by atoms with Crippen molar-refractivity contribution < 1.29 is 38.1 Å². The van der Waals surface area contributed by atoms with E-state index < -0.39 is 54.0 Å². The minimum absolute atomic E-state index is 0.0459. The normalized spacial score (nSPS) is 32.0. The maximum absolute atomic E-state index is 14.1. The molecule has 4 N–H and O–H groups in total. The molecule has 0 spiro atoms. The van der Waals surface area contributed by atoms with Crippen LogP contribution in [0, 0.1) is 11.6 Å². The van der Waals surface area contributed by atoms with E-state index in [1.165, 1.54) is 6.07 Å². The van der Waals surface area contributed by atoms with Gasteiger partial charge in [0.2, 0.25) is 17.7 Å². The van der Waals surface area contributed by atoms with Gasteiger partial charge in [0.25, 0.3) is 0 Å². The summed E-state index contributed by atoms with van der Waals surface area (Å²) in [4.78, 5) is 50.2. The number of carbonyl (C=O) groups is 3. The standard InChI is InChI=1S/C30H36F2N6O6/c31-20-2-1-18(9-21(20)32)14-36-7-8-37-16-23(36)29(42)34-12-25-28(41)27(40)24(44-25)11-26(39)35-19-10-22(30(37)43)38(15-19)13-17-3-5-33-6-4-17/h1-6,9,19,22-25,27-28,40-41H,7-8,10-16H2,(H,34,42)(H,35,39)/t19-,22-,23-,24-,25+,27-,28+/m0/s1. The van der Waals surface area contributed by atoms with Crippen molar-refractivity contribution in [1.82, 2.24) is 30.3 Å². The first-order chi connectivity index (χ1) is 21.2. The lowest BCUT2D eigenvalue weighted by Crippen LogP contribution is -2.62. The first-order valence-electron chi connectivity index (χ1n) is 14.8. The summed E-state index contributed by atoms with van der Waals surface area (Å²) in [6, 6.07) is 5.56. The van der Waals surface area contributed by atoms with Crippen LogP contribution in [0.3, 0.4) is 0 Å². The molecule has 44 heavy (non-hydrogen) atoms. The quantitative estimate of drug-likeness (QED) is 0.346. The molecule has 6 bridgehead atoms. The zero-order chi connectivity index (χ0) is 31.0. The lowest BCUT2D eigenvalue weighted by molar-refractivity contribution is -0.142. The molecule has 1 aromatic heterocycles. The zero-order valence-corrected chi connectivity index (χ0v) is 24.0. The third kappa shape index (κ3) is 6.44. The predicted octanol–water partition coefficient (Wildman–Crippen LogP) is -0.859. The number of rotatable bonds is 4. The number of halogens is 2. The molecule has 1 aromatic carbocycles. The Bertz CT molecular complexity index is 1390. The van der Waals surface area contributed by atoms with E-state index in [2.05, 4.69) is 15.6 Å². The lowest BCUT2D eigenvalue weighted by Gasteiger charge is -2.42. The van der Waals surface area contributed by atoms with E-state index in [1.54, 1.807) is 17.3 Å². The number of aliphatic hydroxyl groups is 2. The number of hydrogen-bond acceptors (Lipinski definition) is 9. The van der Waals surface area contributed by atoms with Crippen LogP contribution in [-0.2, 0) is 32.2 Å². The topological polar surface area (TPSA) is 148 Å². The van der Waals surface area contributed by atoms with Gasteiger partial charge in [-0.3, -0.25) is 29.2 Å². The molecule has 14 heteroatoms. The maximum Gasteiger partial charge on any atom is 0.240 e. The second-order valence-corrected chi connectivity index (χ2v) is 12.0. The van der Waals surface area contributed by atoms with Gasteiger partial charge in [0.15, 0.2) is 11.6 Å². The molecule has 0 saturated carbocycles. The summed E-state index contributed by atoms with van der Waals surface area (Å²) in [6.07, 6.45) is -1.07. The number of nitrogens with one attached hydrogen (secondary N) is 2. The molecule has 4 aliphatic heterocycles. The largest absolute Gasteiger partial charge is 0.388 e. The molecule has 236 valence electrons. The Morgan fingerprint density at radius 3 is 2.41 bits per heavy atom. The van der Waals surface area contributed by atoms with Crippen molar-refractivity contribution in [3.8, 4) is 0 Å². The number of hydrogen-bond donors (Lipinski definition) is 4. The highest BCUT2D eigenvalue weighted by molar-refractivity contribution is 5.86.